The summed E-state index contributed by atoms with van der Waals surface area (Å²) in [6, 6.07) is 5.40. The van der Waals surface area contributed by atoms with Gasteiger partial charge in [0, 0.05) is 36.0 Å². The van der Waals surface area contributed by atoms with Crippen LogP contribution in [0.4, 0.5) is 10.8 Å². The first kappa shape index (κ1) is 23.2. The third-order valence-corrected chi connectivity index (χ3v) is 6.87. The number of anilines is 2. The number of carbonyl (C=O) groups excluding carboxylic acids is 2. The molecular formula is C20H23ClN6O2S2. The van der Waals surface area contributed by atoms with Gasteiger partial charge in [-0.2, -0.15) is 0 Å². The largest absolute Gasteiger partial charge is 0.326 e. The highest BCUT2D eigenvalue weighted by molar-refractivity contribution is 8.00. The molecule has 2 amide bonds. The average Bonchev–Trinajstić information content (AvgIpc) is 3.28. The molecule has 0 saturated carbocycles. The number of nitrogens with one attached hydrogen (secondary N) is 2. The molecule has 2 N–H and O–H groups in total. The molecule has 0 aliphatic carbocycles. The van der Waals surface area contributed by atoms with Gasteiger partial charge in [-0.25, -0.2) is 4.98 Å². The van der Waals surface area contributed by atoms with Crippen molar-refractivity contribution in [1.82, 2.24) is 19.7 Å². The van der Waals surface area contributed by atoms with Crippen LogP contribution in [0.5, 0.6) is 0 Å². The minimum atomic E-state index is -0.380. The Labute approximate surface area is 193 Å². The first-order valence-electron chi connectivity index (χ1n) is 9.57. The molecule has 0 unspecified atom stereocenters. The van der Waals surface area contributed by atoms with Gasteiger partial charge in [0.25, 0.3) is 0 Å². The summed E-state index contributed by atoms with van der Waals surface area (Å²) in [6.07, 6.45) is 0.677. The molecule has 8 nitrogen and oxygen atoms in total. The Bertz CT molecular complexity index is 1100. The zero-order valence-corrected chi connectivity index (χ0v) is 20.0. The number of benzene rings is 1. The van der Waals surface area contributed by atoms with Crippen LogP contribution in [0.3, 0.4) is 0 Å². The van der Waals surface area contributed by atoms with Crippen molar-refractivity contribution >= 4 is 57.3 Å². The second-order valence-electron chi connectivity index (χ2n) is 7.01. The number of aryl methyl sites for hydroxylation is 3. The van der Waals surface area contributed by atoms with Crippen molar-refractivity contribution in [2.24, 2.45) is 7.05 Å². The van der Waals surface area contributed by atoms with E-state index in [2.05, 4.69) is 25.8 Å². The summed E-state index contributed by atoms with van der Waals surface area (Å²) in [7, 11) is 1.82. The maximum Gasteiger partial charge on any atom is 0.239 e. The summed E-state index contributed by atoms with van der Waals surface area (Å²) < 4.78 is 1.80. The molecule has 3 aromatic rings. The first-order valence-corrected chi connectivity index (χ1v) is 11.7. The van der Waals surface area contributed by atoms with Crippen LogP contribution in [0.15, 0.2) is 28.7 Å². The summed E-state index contributed by atoms with van der Waals surface area (Å²) in [5.74, 6) is 0.381. The van der Waals surface area contributed by atoms with Crippen LogP contribution in [0.25, 0.3) is 0 Å². The molecule has 1 aromatic carbocycles. The van der Waals surface area contributed by atoms with Crippen LogP contribution in [-0.4, -0.2) is 36.8 Å². The van der Waals surface area contributed by atoms with E-state index in [-0.39, 0.29) is 23.5 Å². The third kappa shape index (κ3) is 6.28. The van der Waals surface area contributed by atoms with Gasteiger partial charge in [-0.05, 0) is 38.5 Å². The summed E-state index contributed by atoms with van der Waals surface area (Å²) in [6.45, 7) is 5.58. The number of thioether (sulfide) groups is 1. The van der Waals surface area contributed by atoms with Crippen molar-refractivity contribution in [2.75, 3.05) is 10.6 Å². The molecule has 0 radical (unpaired) electrons. The number of carbonyl (C=O) groups is 2. The molecule has 2 aromatic heterocycles. The first-order chi connectivity index (χ1) is 14.7. The van der Waals surface area contributed by atoms with Crippen molar-refractivity contribution in [1.29, 1.82) is 0 Å². The fourth-order valence-corrected chi connectivity index (χ4v) is 4.32. The van der Waals surface area contributed by atoms with Crippen molar-refractivity contribution in [2.45, 2.75) is 44.0 Å². The molecule has 0 aliphatic rings. The minimum Gasteiger partial charge on any atom is -0.326 e. The highest BCUT2D eigenvalue weighted by Crippen LogP contribution is 2.24. The Morgan fingerprint density at radius 2 is 2.03 bits per heavy atom. The molecule has 0 fully saturated rings. The van der Waals surface area contributed by atoms with Crippen LogP contribution in [-0.2, 0) is 23.1 Å². The quantitative estimate of drug-likeness (QED) is 0.470. The number of thiazole rings is 1. The van der Waals surface area contributed by atoms with Gasteiger partial charge < -0.3 is 15.2 Å². The van der Waals surface area contributed by atoms with Crippen LogP contribution in [0.2, 0.25) is 5.02 Å². The third-order valence-electron chi connectivity index (χ3n) is 4.46. The Morgan fingerprint density at radius 3 is 2.71 bits per heavy atom. The number of hydrogen-bond acceptors (Lipinski definition) is 7. The van der Waals surface area contributed by atoms with Crippen molar-refractivity contribution in [3.05, 3.63) is 45.7 Å². The van der Waals surface area contributed by atoms with E-state index in [4.69, 9.17) is 11.6 Å². The highest BCUT2D eigenvalue weighted by atomic mass is 35.5. The van der Waals surface area contributed by atoms with E-state index in [0.717, 1.165) is 11.3 Å². The molecule has 0 saturated heterocycles. The molecule has 164 valence electrons. The molecule has 2 heterocycles. The monoisotopic (exact) mass is 478 g/mol. The Morgan fingerprint density at radius 1 is 1.26 bits per heavy atom. The number of hydrogen-bond donors (Lipinski definition) is 2. The van der Waals surface area contributed by atoms with Crippen molar-refractivity contribution < 1.29 is 9.59 Å². The van der Waals surface area contributed by atoms with Gasteiger partial charge in [-0.15, -0.1) is 21.5 Å². The van der Waals surface area contributed by atoms with Crippen LogP contribution in [0, 0.1) is 13.8 Å². The van der Waals surface area contributed by atoms with Gasteiger partial charge >= 0.3 is 0 Å². The lowest BCUT2D eigenvalue weighted by Crippen LogP contribution is -2.22. The topological polar surface area (TPSA) is 102 Å². The predicted molar refractivity (Wildman–Crippen MR) is 125 cm³/mol. The van der Waals surface area contributed by atoms with Gasteiger partial charge in [0.15, 0.2) is 10.3 Å². The second-order valence-corrected chi connectivity index (χ2v) is 9.59. The number of nitrogens with zero attached hydrogens (tertiary/aromatic N) is 4. The van der Waals surface area contributed by atoms with Crippen LogP contribution in [0.1, 0.15) is 30.4 Å². The van der Waals surface area contributed by atoms with Gasteiger partial charge in [0.2, 0.25) is 11.8 Å². The Hall–Kier alpha value is -2.43. The van der Waals surface area contributed by atoms with E-state index in [0.29, 0.717) is 33.2 Å². The Balaban J connectivity index is 1.52. The maximum atomic E-state index is 12.4. The fourth-order valence-electron chi connectivity index (χ4n) is 2.61. The van der Waals surface area contributed by atoms with Crippen LogP contribution >= 0.6 is 34.7 Å². The lowest BCUT2D eigenvalue weighted by atomic mass is 10.2. The van der Waals surface area contributed by atoms with Gasteiger partial charge in [-0.1, -0.05) is 29.4 Å². The molecule has 0 spiro atoms. The maximum absolute atomic E-state index is 12.4. The molecule has 11 heteroatoms. The van der Waals surface area contributed by atoms with E-state index in [9.17, 15) is 9.59 Å². The number of amides is 2. The van der Waals surface area contributed by atoms with Crippen LogP contribution < -0.4 is 10.6 Å². The van der Waals surface area contributed by atoms with E-state index in [1.54, 1.807) is 17.6 Å². The molecular weight excluding hydrogens is 456 g/mol. The summed E-state index contributed by atoms with van der Waals surface area (Å²) in [4.78, 5) is 28.9. The van der Waals surface area contributed by atoms with Crippen molar-refractivity contribution in [3.63, 3.8) is 0 Å². The minimum absolute atomic E-state index is 0.136. The lowest BCUT2D eigenvalue weighted by molar-refractivity contribution is -0.116. The highest BCUT2D eigenvalue weighted by Gasteiger charge is 2.20. The standard InChI is InChI=1S/C20H23ClN6O2S2/c1-11-5-6-14(9-15(11)21)23-17(28)8-7-16-25-26-20(27(16)4)31-13(3)18(29)24-19-22-12(2)10-30-19/h5-6,9-10,13H,7-8H2,1-4H3,(H,23,28)(H,22,24,29)/t13-/m1/s1. The zero-order chi connectivity index (χ0) is 22.5. The molecule has 3 rings (SSSR count). The molecule has 31 heavy (non-hydrogen) atoms. The molecule has 1 atom stereocenters. The lowest BCUT2D eigenvalue weighted by Gasteiger charge is -2.10. The van der Waals surface area contributed by atoms with E-state index in [1.165, 1.54) is 23.1 Å². The Kier molecular flexibility index (Phi) is 7.69. The van der Waals surface area contributed by atoms with Gasteiger partial charge in [0.05, 0.1) is 10.9 Å². The predicted octanol–water partition coefficient (Wildman–Crippen LogP) is 4.23. The average molecular weight is 479 g/mol. The summed E-state index contributed by atoms with van der Waals surface area (Å²) >= 11 is 8.79. The normalized spacial score (nSPS) is 11.9. The smallest absolute Gasteiger partial charge is 0.239 e. The SMILES string of the molecule is Cc1csc(NC(=O)[C@@H](C)Sc2nnc(CCC(=O)Nc3ccc(C)c(Cl)c3)n2C)n1. The van der Waals surface area contributed by atoms with Crippen molar-refractivity contribution in [3.8, 4) is 0 Å². The number of halogens is 1. The summed E-state index contributed by atoms with van der Waals surface area (Å²) in [5, 5.41) is 17.3. The molecule has 0 bridgehead atoms. The second kappa shape index (κ2) is 10.3. The van der Waals surface area contributed by atoms with Gasteiger partial charge in [-0.3, -0.25) is 9.59 Å². The molecule has 0 aliphatic heterocycles. The number of rotatable bonds is 8. The number of aromatic nitrogens is 4. The van der Waals surface area contributed by atoms with E-state index < -0.39 is 0 Å². The zero-order valence-electron chi connectivity index (χ0n) is 17.6. The summed E-state index contributed by atoms with van der Waals surface area (Å²) in [5.41, 5.74) is 2.48. The van der Waals surface area contributed by atoms with E-state index in [1.807, 2.05) is 38.4 Å². The van der Waals surface area contributed by atoms with E-state index >= 15 is 0 Å². The fraction of sp³-hybridized carbons (Fsp3) is 0.350. The van der Waals surface area contributed by atoms with Gasteiger partial charge in [0.1, 0.15) is 5.82 Å².